The van der Waals surface area contributed by atoms with Gasteiger partial charge in [0.05, 0.1) is 45.5 Å². The van der Waals surface area contributed by atoms with Crippen molar-refractivity contribution in [2.45, 2.75) is 25.3 Å². The molecule has 2 aliphatic rings. The molecule has 0 unspecified atom stereocenters. The molecule has 7 N–H and O–H groups in total. The van der Waals surface area contributed by atoms with Gasteiger partial charge in [-0.15, -0.1) is 0 Å². The van der Waals surface area contributed by atoms with E-state index in [2.05, 4.69) is 89.1 Å². The number of H-pyrrole nitrogens is 3. The van der Waals surface area contributed by atoms with Gasteiger partial charge in [0, 0.05) is 109 Å². The number of fused-ring (bicyclic) bond motifs is 4. The Kier molecular flexibility index (Phi) is 12.2. The third-order valence-electron chi connectivity index (χ3n) is 12.7. The molecule has 10 rings (SSSR count). The second-order valence-electron chi connectivity index (χ2n) is 16.8. The number of hydrogen-bond acceptors (Lipinski definition) is 6. The van der Waals surface area contributed by atoms with Crippen molar-refractivity contribution >= 4 is 116 Å². The Labute approximate surface area is 401 Å². The van der Waals surface area contributed by atoms with Crippen LogP contribution in [0, 0.1) is 0 Å². The van der Waals surface area contributed by atoms with Crippen LogP contribution in [0.1, 0.15) is 40.0 Å². The first-order valence-corrected chi connectivity index (χ1v) is 24.1. The first kappa shape index (κ1) is 43.6. The molecular weight excluding hydrogens is 995 g/mol. The van der Waals surface area contributed by atoms with Gasteiger partial charge in [-0.2, -0.15) is 0 Å². The van der Waals surface area contributed by atoms with Gasteiger partial charge in [-0.1, -0.05) is 67.2 Å². The number of benzene rings is 4. The average molecular weight is 1040 g/mol. The minimum Gasteiger partial charge on any atom is -0.368 e. The van der Waals surface area contributed by atoms with E-state index in [4.69, 9.17) is 28.9 Å². The number of halogens is 4. The number of aromatic nitrogens is 4. The number of primary amides is 1. The van der Waals surface area contributed by atoms with Crippen LogP contribution >= 0.6 is 55.1 Å². The normalized spacial score (nSPS) is 16.3. The second-order valence-corrected chi connectivity index (χ2v) is 19.6. The number of likely N-dealkylation sites (tertiary alicyclic amines) is 1. The minimum atomic E-state index is -0.328. The van der Waals surface area contributed by atoms with Crippen LogP contribution in [0.3, 0.4) is 0 Å². The third-order valence-corrected chi connectivity index (χ3v) is 14.2. The third kappa shape index (κ3) is 8.65. The molecule has 0 saturated carbocycles. The number of carbonyl (C=O) groups excluding carboxylic acids is 3. The smallest absolute Gasteiger partial charge is 0.254 e. The fourth-order valence-electron chi connectivity index (χ4n) is 9.71. The van der Waals surface area contributed by atoms with Gasteiger partial charge in [0.25, 0.3) is 11.8 Å². The summed E-state index contributed by atoms with van der Waals surface area (Å²) in [6.45, 7) is 5.71. The summed E-state index contributed by atoms with van der Waals surface area (Å²) < 4.78 is 4.01. The van der Waals surface area contributed by atoms with Gasteiger partial charge >= 0.3 is 0 Å². The molecule has 334 valence electrons. The molecule has 3 amide bonds. The van der Waals surface area contributed by atoms with E-state index in [-0.39, 0.29) is 23.8 Å². The topological polar surface area (TPSA) is 163 Å². The Balaban J connectivity index is 0.904. The van der Waals surface area contributed by atoms with Crippen molar-refractivity contribution in [3.63, 3.8) is 0 Å². The number of aromatic amines is 3. The Hall–Kier alpha value is -5.29. The molecule has 0 bridgehead atoms. The fraction of sp³-hybridized carbons (Fsp3) is 0.271. The zero-order chi connectivity index (χ0) is 44.9. The lowest BCUT2D eigenvalue weighted by atomic mass is 10.1. The molecule has 2 fully saturated rings. The summed E-state index contributed by atoms with van der Waals surface area (Å²) in [6, 6.07) is 27.1. The number of rotatable bonds is 12. The summed E-state index contributed by atoms with van der Waals surface area (Å²) in [6.07, 6.45) is 2.48. The molecule has 1 atom stereocenters. The van der Waals surface area contributed by atoms with Crippen molar-refractivity contribution < 1.29 is 14.4 Å². The van der Waals surface area contributed by atoms with Gasteiger partial charge in [0.2, 0.25) is 5.91 Å². The summed E-state index contributed by atoms with van der Waals surface area (Å²) in [4.78, 5) is 55.8. The molecule has 2 saturated heterocycles. The van der Waals surface area contributed by atoms with Gasteiger partial charge < -0.3 is 36.3 Å². The molecule has 0 radical (unpaired) electrons. The molecule has 4 aromatic carbocycles. The van der Waals surface area contributed by atoms with E-state index >= 15 is 0 Å². The van der Waals surface area contributed by atoms with E-state index in [1.807, 2.05) is 72.8 Å². The Morgan fingerprint density at radius 3 is 2.06 bits per heavy atom. The highest BCUT2D eigenvalue weighted by Crippen LogP contribution is 2.38. The van der Waals surface area contributed by atoms with Crippen LogP contribution in [0.25, 0.3) is 66.4 Å². The highest BCUT2D eigenvalue weighted by Gasteiger charge is 2.31. The SMILES string of the molecule is NC(=O)[C@@H]1CCCN1CCNC(=O)c1c(-c2cc3cc(Cl)ccc3[nH]2)n(N2CCCN(CCNC(=O)c3c(-c4cc5cc(Cl)ccc5[nH]4)[nH]c4cc(Br)ccc34)CC2)c2cc(Br)ccc12. The molecule has 6 heterocycles. The van der Waals surface area contributed by atoms with Crippen molar-refractivity contribution in [1.82, 2.24) is 40.1 Å². The first-order chi connectivity index (χ1) is 31.5. The molecule has 8 aromatic rings. The highest BCUT2D eigenvalue weighted by atomic mass is 79.9. The number of nitrogens with zero attached hydrogens (tertiary/aromatic N) is 4. The molecule has 0 aliphatic carbocycles. The standard InChI is InChI=1S/C48H46Br2Cl2N10O3/c49-29-4-8-33-37(25-29)58-44(38-23-27-21-31(51)6-10-35(27)56-38)42(33)47(64)54-12-17-59-14-2-16-61(20-19-59)62-41-26-30(50)5-9-34(41)43(45(62)39-24-28-22-32(52)7-11-36(28)57-39)48(65)55-13-18-60-15-1-3-40(60)46(53)63/h4-11,21-26,40,56-58H,1-3,12-20H2,(H2,53,63)(H,54,64)(H,55,65)/t40-/m0/s1. The van der Waals surface area contributed by atoms with E-state index in [9.17, 15) is 14.4 Å². The summed E-state index contributed by atoms with van der Waals surface area (Å²) in [5, 5.41) is 13.6. The summed E-state index contributed by atoms with van der Waals surface area (Å²) >= 11 is 20.1. The van der Waals surface area contributed by atoms with Crippen LogP contribution in [0.2, 0.25) is 10.0 Å². The maximum atomic E-state index is 14.6. The molecule has 2 aliphatic heterocycles. The summed E-state index contributed by atoms with van der Waals surface area (Å²) in [5.74, 6) is -0.690. The number of nitrogens with one attached hydrogen (secondary N) is 5. The molecular formula is C48H46Br2Cl2N10O3. The van der Waals surface area contributed by atoms with Crippen LogP contribution in [0.15, 0.2) is 93.9 Å². The van der Waals surface area contributed by atoms with Gasteiger partial charge in [-0.05, 0) is 98.6 Å². The zero-order valence-electron chi connectivity index (χ0n) is 35.2. The summed E-state index contributed by atoms with van der Waals surface area (Å²) in [7, 11) is 0. The lowest BCUT2D eigenvalue weighted by Crippen LogP contribution is -2.43. The first-order valence-electron chi connectivity index (χ1n) is 21.8. The highest BCUT2D eigenvalue weighted by molar-refractivity contribution is 9.10. The lowest BCUT2D eigenvalue weighted by molar-refractivity contribution is -0.122. The van der Waals surface area contributed by atoms with Crippen molar-refractivity contribution in [2.75, 3.05) is 63.9 Å². The maximum Gasteiger partial charge on any atom is 0.254 e. The largest absolute Gasteiger partial charge is 0.368 e. The number of carbonyl (C=O) groups is 3. The average Bonchev–Trinajstić information content (AvgIpc) is 4.10. The van der Waals surface area contributed by atoms with Gasteiger partial charge in [0.15, 0.2) is 0 Å². The molecule has 0 spiro atoms. The van der Waals surface area contributed by atoms with E-state index in [1.165, 1.54) is 0 Å². The van der Waals surface area contributed by atoms with Crippen molar-refractivity contribution in [1.29, 1.82) is 0 Å². The van der Waals surface area contributed by atoms with Gasteiger partial charge in [0.1, 0.15) is 0 Å². The predicted octanol–water partition coefficient (Wildman–Crippen LogP) is 9.00. The van der Waals surface area contributed by atoms with Crippen molar-refractivity contribution in [3.05, 3.63) is 115 Å². The Bertz CT molecular complexity index is 3160. The fourth-order valence-corrected chi connectivity index (χ4v) is 10.8. The summed E-state index contributed by atoms with van der Waals surface area (Å²) in [5.41, 5.74) is 13.5. The predicted molar refractivity (Wildman–Crippen MR) is 268 cm³/mol. The van der Waals surface area contributed by atoms with Crippen LogP contribution in [0.4, 0.5) is 0 Å². The Morgan fingerprint density at radius 2 is 1.32 bits per heavy atom. The molecule has 13 nitrogen and oxygen atoms in total. The monoisotopic (exact) mass is 1040 g/mol. The van der Waals surface area contributed by atoms with E-state index in [0.29, 0.717) is 59.6 Å². The van der Waals surface area contributed by atoms with Crippen LogP contribution < -0.4 is 21.4 Å². The molecule has 4 aromatic heterocycles. The van der Waals surface area contributed by atoms with E-state index in [1.54, 1.807) is 0 Å². The van der Waals surface area contributed by atoms with Crippen LogP contribution in [-0.4, -0.2) is 112 Å². The second kappa shape index (κ2) is 18.2. The van der Waals surface area contributed by atoms with Crippen molar-refractivity contribution in [2.24, 2.45) is 5.73 Å². The zero-order valence-corrected chi connectivity index (χ0v) is 39.9. The number of nitrogens with two attached hydrogens (primary N) is 1. The lowest BCUT2D eigenvalue weighted by Gasteiger charge is -2.28. The minimum absolute atomic E-state index is 0.158. The number of hydrogen-bond donors (Lipinski definition) is 6. The molecule has 65 heavy (non-hydrogen) atoms. The van der Waals surface area contributed by atoms with E-state index in [0.717, 1.165) is 115 Å². The molecule has 17 heteroatoms. The maximum absolute atomic E-state index is 14.6. The van der Waals surface area contributed by atoms with Crippen LogP contribution in [0.5, 0.6) is 0 Å². The Morgan fingerprint density at radius 1 is 0.662 bits per heavy atom. The number of amides is 3. The van der Waals surface area contributed by atoms with Gasteiger partial charge in [-0.25, -0.2) is 0 Å². The van der Waals surface area contributed by atoms with E-state index < -0.39 is 0 Å². The van der Waals surface area contributed by atoms with Gasteiger partial charge in [-0.3, -0.25) is 28.9 Å². The quantitative estimate of drug-likeness (QED) is 0.0716. The van der Waals surface area contributed by atoms with Crippen LogP contribution in [-0.2, 0) is 4.79 Å². The van der Waals surface area contributed by atoms with Crippen molar-refractivity contribution in [3.8, 4) is 22.8 Å².